The second-order valence-electron chi connectivity index (χ2n) is 4.92. The molecular formula is C14H13N3O6S. The smallest absolute Gasteiger partial charge is 0.258 e. The average molecular weight is 351 g/mol. The molecule has 0 saturated carbocycles. The predicted octanol–water partition coefficient (Wildman–Crippen LogP) is 2.54. The Labute approximate surface area is 137 Å². The van der Waals surface area contributed by atoms with E-state index in [0.717, 1.165) is 12.1 Å². The van der Waals surface area contributed by atoms with E-state index in [9.17, 15) is 28.6 Å². The van der Waals surface area contributed by atoms with Gasteiger partial charge < -0.3 is 0 Å². The van der Waals surface area contributed by atoms with Crippen LogP contribution >= 0.6 is 0 Å². The lowest BCUT2D eigenvalue weighted by Gasteiger charge is -2.14. The zero-order valence-corrected chi connectivity index (χ0v) is 13.3. The Morgan fingerprint density at radius 1 is 1.00 bits per heavy atom. The van der Waals surface area contributed by atoms with Crippen LogP contribution < -0.4 is 4.72 Å². The van der Waals surface area contributed by atoms with Gasteiger partial charge in [0.1, 0.15) is 0 Å². The normalized spacial score (nSPS) is 12.5. The first-order valence-electron chi connectivity index (χ1n) is 6.72. The van der Waals surface area contributed by atoms with Crippen molar-refractivity contribution in [1.29, 1.82) is 0 Å². The van der Waals surface area contributed by atoms with Gasteiger partial charge in [0.15, 0.2) is 4.90 Å². The molecule has 2 aromatic carbocycles. The Balaban J connectivity index is 2.42. The molecule has 0 unspecified atom stereocenters. The van der Waals surface area contributed by atoms with E-state index in [4.69, 9.17) is 0 Å². The lowest BCUT2D eigenvalue weighted by Crippen LogP contribution is -2.27. The first kappa shape index (κ1) is 17.5. The lowest BCUT2D eigenvalue weighted by molar-refractivity contribution is -0.396. The molecule has 0 aliphatic carbocycles. The van der Waals surface area contributed by atoms with Crippen LogP contribution in [0.3, 0.4) is 0 Å². The fourth-order valence-electron chi connectivity index (χ4n) is 2.10. The third-order valence-corrected chi connectivity index (χ3v) is 4.86. The number of sulfonamides is 1. The number of nitro groups is 2. The van der Waals surface area contributed by atoms with E-state index < -0.39 is 42.2 Å². The molecule has 0 aliphatic rings. The highest BCUT2D eigenvalue weighted by atomic mass is 32.2. The van der Waals surface area contributed by atoms with Gasteiger partial charge >= 0.3 is 0 Å². The van der Waals surface area contributed by atoms with Gasteiger partial charge in [-0.05, 0) is 18.6 Å². The molecule has 0 spiro atoms. The molecule has 0 aliphatic heterocycles. The summed E-state index contributed by atoms with van der Waals surface area (Å²) in [5.74, 6) is 0. The van der Waals surface area contributed by atoms with Crippen LogP contribution in [0.4, 0.5) is 11.4 Å². The van der Waals surface area contributed by atoms with Crippen LogP contribution in [0.2, 0.25) is 0 Å². The van der Waals surface area contributed by atoms with Crippen LogP contribution in [0.5, 0.6) is 0 Å². The van der Waals surface area contributed by atoms with Crippen molar-refractivity contribution in [2.24, 2.45) is 0 Å². The first-order valence-corrected chi connectivity index (χ1v) is 8.21. The molecule has 1 N–H and O–H groups in total. The second kappa shape index (κ2) is 6.72. The van der Waals surface area contributed by atoms with E-state index >= 15 is 0 Å². The monoisotopic (exact) mass is 351 g/mol. The summed E-state index contributed by atoms with van der Waals surface area (Å²) < 4.78 is 27.2. The Morgan fingerprint density at radius 2 is 1.62 bits per heavy atom. The van der Waals surface area contributed by atoms with Crippen LogP contribution in [0.1, 0.15) is 18.5 Å². The highest BCUT2D eigenvalue weighted by Gasteiger charge is 2.29. The third kappa shape index (κ3) is 3.73. The highest BCUT2D eigenvalue weighted by molar-refractivity contribution is 7.89. The zero-order valence-electron chi connectivity index (χ0n) is 12.4. The Hall–Kier alpha value is -2.85. The number of nitrogens with one attached hydrogen (secondary N) is 1. The molecule has 0 amide bonds. The summed E-state index contributed by atoms with van der Waals surface area (Å²) in [5, 5.41) is 21.8. The number of nitrogens with zero attached hydrogens (tertiary/aromatic N) is 2. The number of nitro benzene ring substituents is 2. The second-order valence-corrected chi connectivity index (χ2v) is 6.60. The number of hydrogen-bond acceptors (Lipinski definition) is 6. The lowest BCUT2D eigenvalue weighted by atomic mass is 10.1. The molecule has 9 nitrogen and oxygen atoms in total. The number of benzene rings is 2. The van der Waals surface area contributed by atoms with Gasteiger partial charge in [0.25, 0.3) is 11.4 Å². The van der Waals surface area contributed by atoms with Crippen molar-refractivity contribution in [3.05, 3.63) is 74.3 Å². The third-order valence-electron chi connectivity index (χ3n) is 3.27. The molecule has 1 atom stereocenters. The van der Waals surface area contributed by atoms with Gasteiger partial charge in [0, 0.05) is 12.1 Å². The minimum atomic E-state index is -4.24. The maximum absolute atomic E-state index is 12.4. The summed E-state index contributed by atoms with van der Waals surface area (Å²) in [6, 6.07) is 10.4. The van der Waals surface area contributed by atoms with Crippen molar-refractivity contribution >= 4 is 21.4 Å². The van der Waals surface area contributed by atoms with E-state index in [2.05, 4.69) is 4.72 Å². The van der Waals surface area contributed by atoms with Gasteiger partial charge in [-0.1, -0.05) is 30.3 Å². The van der Waals surface area contributed by atoms with Crippen molar-refractivity contribution in [3.63, 3.8) is 0 Å². The quantitative estimate of drug-likeness (QED) is 0.628. The van der Waals surface area contributed by atoms with Gasteiger partial charge in [-0.3, -0.25) is 20.2 Å². The maximum Gasteiger partial charge on any atom is 0.296 e. The highest BCUT2D eigenvalue weighted by Crippen LogP contribution is 2.29. The number of non-ortho nitro benzene ring substituents is 1. The molecule has 10 heteroatoms. The molecule has 2 rings (SSSR count). The van der Waals surface area contributed by atoms with E-state index in [1.54, 1.807) is 37.3 Å². The number of hydrogen-bond donors (Lipinski definition) is 1. The van der Waals surface area contributed by atoms with E-state index in [0.29, 0.717) is 11.6 Å². The van der Waals surface area contributed by atoms with Crippen LogP contribution in [0.25, 0.3) is 0 Å². The summed E-state index contributed by atoms with van der Waals surface area (Å²) in [6.07, 6.45) is 0. The van der Waals surface area contributed by atoms with Crippen molar-refractivity contribution in [2.45, 2.75) is 17.9 Å². The number of rotatable bonds is 6. The molecule has 0 bridgehead atoms. The molecule has 0 aromatic heterocycles. The summed E-state index contributed by atoms with van der Waals surface area (Å²) in [5.41, 5.74) is -0.737. The fraction of sp³-hybridized carbons (Fsp3) is 0.143. The molecule has 0 fully saturated rings. The van der Waals surface area contributed by atoms with Crippen LogP contribution in [-0.2, 0) is 10.0 Å². The largest absolute Gasteiger partial charge is 0.296 e. The van der Waals surface area contributed by atoms with Crippen LogP contribution in [-0.4, -0.2) is 18.3 Å². The molecule has 2 aromatic rings. The molecular weight excluding hydrogens is 338 g/mol. The van der Waals surface area contributed by atoms with E-state index in [1.807, 2.05) is 0 Å². The van der Waals surface area contributed by atoms with Crippen molar-refractivity contribution < 1.29 is 18.3 Å². The summed E-state index contributed by atoms with van der Waals surface area (Å²) in [7, 11) is -4.24. The Morgan fingerprint density at radius 3 is 2.17 bits per heavy atom. The van der Waals surface area contributed by atoms with Gasteiger partial charge in [0.2, 0.25) is 10.0 Å². The molecule has 126 valence electrons. The zero-order chi connectivity index (χ0) is 17.9. The van der Waals surface area contributed by atoms with Gasteiger partial charge in [-0.25, -0.2) is 13.1 Å². The van der Waals surface area contributed by atoms with E-state index in [-0.39, 0.29) is 0 Å². The minimum Gasteiger partial charge on any atom is -0.258 e. The van der Waals surface area contributed by atoms with Crippen molar-refractivity contribution in [1.82, 2.24) is 4.72 Å². The van der Waals surface area contributed by atoms with Gasteiger partial charge in [-0.15, -0.1) is 0 Å². The molecule has 24 heavy (non-hydrogen) atoms. The van der Waals surface area contributed by atoms with Gasteiger partial charge in [0.05, 0.1) is 15.9 Å². The topological polar surface area (TPSA) is 132 Å². The van der Waals surface area contributed by atoms with Crippen LogP contribution in [0.15, 0.2) is 53.4 Å². The standard InChI is InChI=1S/C14H13N3O6S/c1-10(11-5-3-2-4-6-11)15-24(22,23)14-8-7-12(16(18)19)9-13(14)17(20)21/h2-10,15H,1H3/t10-/m0/s1. The Bertz CT molecular complexity index is 883. The summed E-state index contributed by atoms with van der Waals surface area (Å²) in [6.45, 7) is 1.59. The Kier molecular flexibility index (Phi) is 4.90. The first-order chi connectivity index (χ1) is 11.2. The molecule has 0 saturated heterocycles. The van der Waals surface area contributed by atoms with Crippen molar-refractivity contribution in [3.8, 4) is 0 Å². The van der Waals surface area contributed by atoms with Crippen molar-refractivity contribution in [2.75, 3.05) is 0 Å². The fourth-order valence-corrected chi connectivity index (χ4v) is 3.48. The van der Waals surface area contributed by atoms with Gasteiger partial charge in [-0.2, -0.15) is 0 Å². The molecule has 0 heterocycles. The summed E-state index contributed by atoms with van der Waals surface area (Å²) in [4.78, 5) is 19.4. The minimum absolute atomic E-state index is 0.559. The molecule has 0 radical (unpaired) electrons. The average Bonchev–Trinajstić information content (AvgIpc) is 2.54. The predicted molar refractivity (Wildman–Crippen MR) is 84.9 cm³/mol. The van der Waals surface area contributed by atoms with Crippen LogP contribution in [0, 0.1) is 20.2 Å². The maximum atomic E-state index is 12.4. The SMILES string of the molecule is C[C@H](NS(=O)(=O)c1ccc([N+](=O)[O-])cc1[N+](=O)[O-])c1ccccc1. The summed E-state index contributed by atoms with van der Waals surface area (Å²) >= 11 is 0. The van der Waals surface area contributed by atoms with E-state index in [1.165, 1.54) is 0 Å².